The lowest BCUT2D eigenvalue weighted by Gasteiger charge is -2.19. The fraction of sp³-hybridized carbons (Fsp3) is 0.389. The third-order valence-corrected chi connectivity index (χ3v) is 4.55. The summed E-state index contributed by atoms with van der Waals surface area (Å²) in [5.74, 6) is -0.103. The van der Waals surface area contributed by atoms with Gasteiger partial charge >= 0.3 is 6.18 Å². The number of aromatic nitrogens is 2. The number of carbonyl (C=O) groups excluding carboxylic acids is 1. The average molecular weight is 399 g/mol. The summed E-state index contributed by atoms with van der Waals surface area (Å²) in [7, 11) is 0. The van der Waals surface area contributed by atoms with Crippen molar-refractivity contribution in [1.29, 1.82) is 0 Å². The molecular formula is C18H18ClF3N4O. The van der Waals surface area contributed by atoms with Crippen molar-refractivity contribution in [2.24, 2.45) is 0 Å². The van der Waals surface area contributed by atoms with Crippen molar-refractivity contribution >= 4 is 29.0 Å². The van der Waals surface area contributed by atoms with Gasteiger partial charge in [0.2, 0.25) is 0 Å². The summed E-state index contributed by atoms with van der Waals surface area (Å²) >= 11 is 5.67. The molecule has 1 N–H and O–H groups in total. The number of amides is 1. The molecular weight excluding hydrogens is 381 g/mol. The largest absolute Gasteiger partial charge is 0.418 e. The van der Waals surface area contributed by atoms with E-state index in [0.717, 1.165) is 31.7 Å². The summed E-state index contributed by atoms with van der Waals surface area (Å²) in [6.07, 6.45) is 2.06. The first-order valence-electron chi connectivity index (χ1n) is 8.60. The Kier molecular flexibility index (Phi) is 5.84. The number of rotatable bonds is 3. The second kappa shape index (κ2) is 8.12. The van der Waals surface area contributed by atoms with E-state index in [4.69, 9.17) is 11.6 Å². The summed E-state index contributed by atoms with van der Waals surface area (Å²) in [6.45, 7) is 1.36. The first-order chi connectivity index (χ1) is 12.8. The van der Waals surface area contributed by atoms with Gasteiger partial charge in [-0.1, -0.05) is 24.4 Å². The van der Waals surface area contributed by atoms with E-state index in [1.54, 1.807) is 4.90 Å². The topological polar surface area (TPSA) is 58.1 Å². The zero-order chi connectivity index (χ0) is 19.4. The predicted molar refractivity (Wildman–Crippen MR) is 96.1 cm³/mol. The summed E-state index contributed by atoms with van der Waals surface area (Å²) in [6, 6.07) is 3.42. The Morgan fingerprint density at radius 1 is 1.07 bits per heavy atom. The first-order valence-corrected chi connectivity index (χ1v) is 8.97. The number of halogens is 4. The number of hydrogen-bond donors (Lipinski definition) is 1. The van der Waals surface area contributed by atoms with E-state index in [-0.39, 0.29) is 28.1 Å². The van der Waals surface area contributed by atoms with Crippen LogP contribution < -0.4 is 5.32 Å². The van der Waals surface area contributed by atoms with Crippen molar-refractivity contribution in [3.05, 3.63) is 46.9 Å². The maximum atomic E-state index is 13.2. The lowest BCUT2D eigenvalue weighted by molar-refractivity contribution is -0.136. The van der Waals surface area contributed by atoms with Crippen molar-refractivity contribution in [3.63, 3.8) is 0 Å². The number of anilines is 2. The van der Waals surface area contributed by atoms with Gasteiger partial charge in [0.1, 0.15) is 11.5 Å². The van der Waals surface area contributed by atoms with Gasteiger partial charge in [0.25, 0.3) is 5.91 Å². The predicted octanol–water partition coefficient (Wildman–Crippen LogP) is 4.91. The Hall–Kier alpha value is -2.35. The van der Waals surface area contributed by atoms with Gasteiger partial charge in [0.05, 0.1) is 23.6 Å². The molecule has 2 aromatic rings. The molecule has 144 valence electrons. The molecule has 0 atom stereocenters. The van der Waals surface area contributed by atoms with Gasteiger partial charge < -0.3 is 10.2 Å². The van der Waals surface area contributed by atoms with E-state index in [1.165, 1.54) is 24.5 Å². The molecule has 1 aromatic heterocycles. The lowest BCUT2D eigenvalue weighted by atomic mass is 10.1. The SMILES string of the molecule is O=C(c1cnc(Nc2ccc(Cl)cc2C(F)(F)F)cn1)N1CCCCCC1. The zero-order valence-electron chi connectivity index (χ0n) is 14.4. The smallest absolute Gasteiger partial charge is 0.338 e. The quantitative estimate of drug-likeness (QED) is 0.798. The molecule has 2 heterocycles. The van der Waals surface area contributed by atoms with Gasteiger partial charge in [-0.3, -0.25) is 4.79 Å². The third kappa shape index (κ3) is 4.88. The Labute approximate surface area is 159 Å². The molecule has 9 heteroatoms. The fourth-order valence-corrected chi connectivity index (χ4v) is 3.11. The Balaban J connectivity index is 1.76. The molecule has 5 nitrogen and oxygen atoms in total. The molecule has 1 aliphatic rings. The van der Waals surface area contributed by atoms with Crippen LogP contribution in [0.15, 0.2) is 30.6 Å². The van der Waals surface area contributed by atoms with Gasteiger partial charge in [-0.15, -0.1) is 0 Å². The first kappa shape index (κ1) is 19.4. The molecule has 1 aromatic carbocycles. The van der Waals surface area contributed by atoms with E-state index >= 15 is 0 Å². The highest BCUT2D eigenvalue weighted by Gasteiger charge is 2.34. The van der Waals surface area contributed by atoms with Crippen LogP contribution in [-0.4, -0.2) is 33.9 Å². The van der Waals surface area contributed by atoms with E-state index in [0.29, 0.717) is 13.1 Å². The highest BCUT2D eigenvalue weighted by atomic mass is 35.5. The zero-order valence-corrected chi connectivity index (χ0v) is 15.1. The van der Waals surface area contributed by atoms with Gasteiger partial charge in [-0.25, -0.2) is 9.97 Å². The molecule has 3 rings (SSSR count). The van der Waals surface area contributed by atoms with Crippen molar-refractivity contribution < 1.29 is 18.0 Å². The number of benzene rings is 1. The molecule has 0 unspecified atom stereocenters. The van der Waals surface area contributed by atoms with Crippen molar-refractivity contribution in [2.75, 3.05) is 18.4 Å². The number of likely N-dealkylation sites (tertiary alicyclic amines) is 1. The van der Waals surface area contributed by atoms with Crippen LogP contribution in [0.5, 0.6) is 0 Å². The number of hydrogen-bond acceptors (Lipinski definition) is 4. The van der Waals surface area contributed by atoms with Gasteiger partial charge in [0, 0.05) is 18.1 Å². The molecule has 0 spiro atoms. The maximum absolute atomic E-state index is 13.2. The normalized spacial score (nSPS) is 15.3. The van der Waals surface area contributed by atoms with Crippen LogP contribution in [-0.2, 0) is 6.18 Å². The Morgan fingerprint density at radius 3 is 2.37 bits per heavy atom. The van der Waals surface area contributed by atoms with Crippen LogP contribution in [0, 0.1) is 0 Å². The van der Waals surface area contributed by atoms with Crippen molar-refractivity contribution in [2.45, 2.75) is 31.9 Å². The molecule has 1 amide bonds. The second-order valence-corrected chi connectivity index (χ2v) is 6.74. The second-order valence-electron chi connectivity index (χ2n) is 6.31. The molecule has 1 saturated heterocycles. The van der Waals surface area contributed by atoms with Gasteiger partial charge in [0.15, 0.2) is 0 Å². The lowest BCUT2D eigenvalue weighted by Crippen LogP contribution is -2.32. The highest BCUT2D eigenvalue weighted by Crippen LogP contribution is 2.37. The van der Waals surface area contributed by atoms with Crippen LogP contribution in [0.4, 0.5) is 24.7 Å². The molecule has 0 saturated carbocycles. The summed E-state index contributed by atoms with van der Waals surface area (Å²) in [5, 5.41) is 2.57. The number of carbonyl (C=O) groups is 1. The van der Waals surface area contributed by atoms with E-state index in [1.807, 2.05) is 0 Å². The van der Waals surface area contributed by atoms with Gasteiger partial charge in [-0.05, 0) is 31.0 Å². The Morgan fingerprint density at radius 2 is 1.78 bits per heavy atom. The third-order valence-electron chi connectivity index (χ3n) is 4.31. The molecule has 0 bridgehead atoms. The van der Waals surface area contributed by atoms with Crippen molar-refractivity contribution in [1.82, 2.24) is 14.9 Å². The van der Waals surface area contributed by atoms with E-state index < -0.39 is 11.7 Å². The van der Waals surface area contributed by atoms with Gasteiger partial charge in [-0.2, -0.15) is 13.2 Å². The van der Waals surface area contributed by atoms with Crippen molar-refractivity contribution in [3.8, 4) is 0 Å². The summed E-state index contributed by atoms with van der Waals surface area (Å²) in [4.78, 5) is 22.3. The summed E-state index contributed by atoms with van der Waals surface area (Å²) in [5.41, 5.74) is -0.913. The maximum Gasteiger partial charge on any atom is 0.418 e. The molecule has 0 radical (unpaired) electrons. The van der Waals surface area contributed by atoms with Crippen LogP contribution in [0.3, 0.4) is 0 Å². The number of alkyl halides is 3. The van der Waals surface area contributed by atoms with Crippen LogP contribution >= 0.6 is 11.6 Å². The molecule has 1 fully saturated rings. The fourth-order valence-electron chi connectivity index (χ4n) is 2.94. The minimum Gasteiger partial charge on any atom is -0.338 e. The Bertz CT molecular complexity index is 803. The monoisotopic (exact) mass is 398 g/mol. The molecule has 27 heavy (non-hydrogen) atoms. The highest BCUT2D eigenvalue weighted by molar-refractivity contribution is 6.30. The van der Waals surface area contributed by atoms with Crippen LogP contribution in [0.2, 0.25) is 5.02 Å². The van der Waals surface area contributed by atoms with Crippen LogP contribution in [0.1, 0.15) is 41.7 Å². The van der Waals surface area contributed by atoms with E-state index in [2.05, 4.69) is 15.3 Å². The van der Waals surface area contributed by atoms with E-state index in [9.17, 15) is 18.0 Å². The molecule has 0 aliphatic carbocycles. The number of nitrogens with one attached hydrogen (secondary N) is 1. The minimum atomic E-state index is -4.57. The number of nitrogens with zero attached hydrogens (tertiary/aromatic N) is 3. The summed E-state index contributed by atoms with van der Waals surface area (Å²) < 4.78 is 39.5. The average Bonchev–Trinajstić information content (AvgIpc) is 2.92. The van der Waals surface area contributed by atoms with Crippen LogP contribution in [0.25, 0.3) is 0 Å². The minimum absolute atomic E-state index is 0.0163. The standard InChI is InChI=1S/C18H18ClF3N4O/c19-12-5-6-14(13(9-12)18(20,21)22)25-16-11-23-15(10-24-16)17(27)26-7-3-1-2-4-8-26/h5-6,9-11H,1-4,7-8H2,(H,24,25). The molecule has 1 aliphatic heterocycles.